The standard InChI is InChI=1S/C17H23N3OS/c1-22-17(8-9-17)12-19-10-6-13(7-11-19)20-15-5-3-2-4-14(15)18-16(20)21/h2-5,13H,6-12H2,1H3,(H,18,21). The van der Waals surface area contributed by atoms with Crippen LogP contribution in [0, 0.1) is 0 Å². The Labute approximate surface area is 134 Å². The third kappa shape index (κ3) is 2.50. The van der Waals surface area contributed by atoms with Gasteiger partial charge in [0, 0.05) is 30.4 Å². The van der Waals surface area contributed by atoms with E-state index in [1.165, 1.54) is 19.4 Å². The molecule has 2 fully saturated rings. The number of thioether (sulfide) groups is 1. The summed E-state index contributed by atoms with van der Waals surface area (Å²) in [5, 5.41) is 0. The number of para-hydroxylation sites is 2. The first kappa shape index (κ1) is 14.4. The smallest absolute Gasteiger partial charge is 0.306 e. The molecule has 2 heterocycles. The Balaban J connectivity index is 1.49. The highest BCUT2D eigenvalue weighted by atomic mass is 32.2. The summed E-state index contributed by atoms with van der Waals surface area (Å²) in [6.45, 7) is 3.45. The SMILES string of the molecule is CSC1(CN2CCC(n3c(=O)[nH]c4ccccc43)CC2)CC1. The van der Waals surface area contributed by atoms with Crippen LogP contribution in [0.5, 0.6) is 0 Å². The van der Waals surface area contributed by atoms with Crippen LogP contribution in [0.15, 0.2) is 29.1 Å². The molecule has 1 aromatic heterocycles. The lowest BCUT2D eigenvalue weighted by Crippen LogP contribution is -2.40. The highest BCUT2D eigenvalue weighted by Crippen LogP contribution is 2.48. The van der Waals surface area contributed by atoms with Crippen molar-refractivity contribution in [2.75, 3.05) is 25.9 Å². The van der Waals surface area contributed by atoms with Crippen LogP contribution >= 0.6 is 11.8 Å². The number of hydrogen-bond acceptors (Lipinski definition) is 3. The van der Waals surface area contributed by atoms with Crippen molar-refractivity contribution in [3.8, 4) is 0 Å². The number of fused-ring (bicyclic) bond motifs is 1. The van der Waals surface area contributed by atoms with Crippen molar-refractivity contribution in [3.63, 3.8) is 0 Å². The van der Waals surface area contributed by atoms with Crippen molar-refractivity contribution in [1.82, 2.24) is 14.5 Å². The van der Waals surface area contributed by atoms with E-state index >= 15 is 0 Å². The molecule has 0 bridgehead atoms. The molecule has 0 amide bonds. The number of aromatic nitrogens is 2. The number of rotatable bonds is 4. The van der Waals surface area contributed by atoms with Crippen molar-refractivity contribution in [1.29, 1.82) is 0 Å². The second-order valence-corrected chi connectivity index (χ2v) is 7.99. The Morgan fingerprint density at radius 2 is 2.00 bits per heavy atom. The molecule has 22 heavy (non-hydrogen) atoms. The average Bonchev–Trinajstić information content (AvgIpc) is 3.23. The Kier molecular flexibility index (Phi) is 3.57. The van der Waals surface area contributed by atoms with Gasteiger partial charge in [0.05, 0.1) is 11.0 Å². The molecular weight excluding hydrogens is 294 g/mol. The van der Waals surface area contributed by atoms with E-state index in [1.54, 1.807) is 0 Å². The molecule has 1 aliphatic carbocycles. The predicted molar refractivity (Wildman–Crippen MR) is 92.7 cm³/mol. The first-order chi connectivity index (χ1) is 10.7. The fraction of sp³-hybridized carbons (Fsp3) is 0.588. The van der Waals surface area contributed by atoms with E-state index in [-0.39, 0.29) is 5.69 Å². The molecule has 2 aliphatic rings. The zero-order valence-corrected chi connectivity index (χ0v) is 13.9. The van der Waals surface area contributed by atoms with Gasteiger partial charge >= 0.3 is 5.69 Å². The molecular formula is C17H23N3OS. The summed E-state index contributed by atoms with van der Waals surface area (Å²) in [5.74, 6) is 0. The summed E-state index contributed by atoms with van der Waals surface area (Å²) in [6.07, 6.45) is 7.13. The second-order valence-electron chi connectivity index (χ2n) is 6.71. The maximum atomic E-state index is 12.3. The Hall–Kier alpha value is -1.20. The van der Waals surface area contributed by atoms with Gasteiger partial charge in [-0.2, -0.15) is 11.8 Å². The van der Waals surface area contributed by atoms with Crippen LogP contribution in [0.2, 0.25) is 0 Å². The van der Waals surface area contributed by atoms with Crippen molar-refractivity contribution < 1.29 is 0 Å². The monoisotopic (exact) mass is 317 g/mol. The van der Waals surface area contributed by atoms with Crippen molar-refractivity contribution in [3.05, 3.63) is 34.7 Å². The Morgan fingerprint density at radius 1 is 1.27 bits per heavy atom. The van der Waals surface area contributed by atoms with E-state index in [0.29, 0.717) is 10.8 Å². The number of hydrogen-bond donors (Lipinski definition) is 1. The molecule has 4 rings (SSSR count). The van der Waals surface area contributed by atoms with Gasteiger partial charge in [-0.25, -0.2) is 4.79 Å². The molecule has 4 nitrogen and oxygen atoms in total. The number of H-pyrrole nitrogens is 1. The van der Waals surface area contributed by atoms with Gasteiger partial charge < -0.3 is 9.88 Å². The highest BCUT2D eigenvalue weighted by Gasteiger charge is 2.43. The molecule has 1 saturated carbocycles. The number of likely N-dealkylation sites (tertiary alicyclic amines) is 1. The normalized spacial score (nSPS) is 22.2. The quantitative estimate of drug-likeness (QED) is 0.943. The van der Waals surface area contributed by atoms with Crippen LogP contribution in [0.3, 0.4) is 0 Å². The lowest BCUT2D eigenvalue weighted by Gasteiger charge is -2.34. The molecule has 0 unspecified atom stereocenters. The van der Waals surface area contributed by atoms with Gasteiger partial charge in [0.25, 0.3) is 0 Å². The molecule has 0 atom stereocenters. The topological polar surface area (TPSA) is 41.0 Å². The van der Waals surface area contributed by atoms with E-state index in [9.17, 15) is 4.79 Å². The number of benzene rings is 1. The minimum Gasteiger partial charge on any atom is -0.306 e. The summed E-state index contributed by atoms with van der Waals surface area (Å²) in [7, 11) is 0. The Morgan fingerprint density at radius 3 is 2.68 bits per heavy atom. The van der Waals surface area contributed by atoms with Crippen LogP contribution in [0.25, 0.3) is 11.0 Å². The van der Waals surface area contributed by atoms with Crippen molar-refractivity contribution in [2.24, 2.45) is 0 Å². The van der Waals surface area contributed by atoms with Crippen LogP contribution in [-0.2, 0) is 0 Å². The van der Waals surface area contributed by atoms with Gasteiger partial charge in [0.1, 0.15) is 0 Å². The van der Waals surface area contributed by atoms with Gasteiger partial charge in [-0.05, 0) is 44.1 Å². The van der Waals surface area contributed by atoms with E-state index in [0.717, 1.165) is 37.0 Å². The second kappa shape index (κ2) is 5.46. The summed E-state index contributed by atoms with van der Waals surface area (Å²) < 4.78 is 2.53. The zero-order chi connectivity index (χ0) is 15.2. The molecule has 1 N–H and O–H groups in total. The predicted octanol–water partition coefficient (Wildman–Crippen LogP) is 2.86. The fourth-order valence-corrected chi connectivity index (χ4v) is 4.57. The van der Waals surface area contributed by atoms with E-state index < -0.39 is 0 Å². The van der Waals surface area contributed by atoms with Crippen LogP contribution in [0.1, 0.15) is 31.7 Å². The van der Waals surface area contributed by atoms with E-state index in [1.807, 2.05) is 40.6 Å². The van der Waals surface area contributed by atoms with Crippen LogP contribution < -0.4 is 5.69 Å². The molecule has 1 saturated heterocycles. The van der Waals surface area contributed by atoms with Crippen LogP contribution in [0.4, 0.5) is 0 Å². The van der Waals surface area contributed by atoms with E-state index in [4.69, 9.17) is 0 Å². The average molecular weight is 317 g/mol. The van der Waals surface area contributed by atoms with Crippen LogP contribution in [-0.4, -0.2) is 45.1 Å². The van der Waals surface area contributed by atoms with Crippen molar-refractivity contribution >= 4 is 22.8 Å². The zero-order valence-electron chi connectivity index (χ0n) is 13.0. The summed E-state index contributed by atoms with van der Waals surface area (Å²) in [6, 6.07) is 8.35. The summed E-state index contributed by atoms with van der Waals surface area (Å²) in [5.41, 5.74) is 2.05. The first-order valence-electron chi connectivity index (χ1n) is 8.18. The number of aromatic amines is 1. The van der Waals surface area contributed by atoms with Crippen molar-refractivity contribution in [2.45, 2.75) is 36.5 Å². The largest absolute Gasteiger partial charge is 0.326 e. The molecule has 0 radical (unpaired) electrons. The first-order valence-corrected chi connectivity index (χ1v) is 9.40. The highest BCUT2D eigenvalue weighted by molar-refractivity contribution is 8.00. The summed E-state index contributed by atoms with van der Waals surface area (Å²) in [4.78, 5) is 17.9. The van der Waals surface area contributed by atoms with Gasteiger partial charge in [-0.1, -0.05) is 12.1 Å². The maximum Gasteiger partial charge on any atom is 0.326 e. The maximum absolute atomic E-state index is 12.3. The number of nitrogens with one attached hydrogen (secondary N) is 1. The molecule has 1 aromatic carbocycles. The van der Waals surface area contributed by atoms with Gasteiger partial charge in [0.2, 0.25) is 0 Å². The number of piperidine rings is 1. The Bertz CT molecular complexity index is 723. The minimum absolute atomic E-state index is 0.0439. The van der Waals surface area contributed by atoms with Gasteiger partial charge in [-0.15, -0.1) is 0 Å². The minimum atomic E-state index is 0.0439. The third-order valence-corrected chi connectivity index (χ3v) is 6.70. The summed E-state index contributed by atoms with van der Waals surface area (Å²) >= 11 is 2.03. The van der Waals surface area contributed by atoms with E-state index in [2.05, 4.69) is 16.1 Å². The van der Waals surface area contributed by atoms with Gasteiger partial charge in [-0.3, -0.25) is 4.57 Å². The molecule has 5 heteroatoms. The number of imidazole rings is 1. The lowest BCUT2D eigenvalue weighted by atomic mass is 10.0. The molecule has 118 valence electrons. The lowest BCUT2D eigenvalue weighted by molar-refractivity contribution is 0.185. The molecule has 2 aromatic rings. The molecule has 0 spiro atoms. The number of nitrogens with zero attached hydrogens (tertiary/aromatic N) is 2. The van der Waals surface area contributed by atoms with Gasteiger partial charge in [0.15, 0.2) is 0 Å². The third-order valence-electron chi connectivity index (χ3n) is 5.30. The molecule has 1 aliphatic heterocycles. The fourth-order valence-electron chi connectivity index (χ4n) is 3.75.